The Labute approximate surface area is 237 Å². The number of likely N-dealkylation sites (tertiary alicyclic amines) is 1. The molecule has 1 N–H and O–H groups in total. The van der Waals surface area contributed by atoms with Gasteiger partial charge in [0.2, 0.25) is 17.7 Å². The van der Waals surface area contributed by atoms with E-state index in [1.165, 1.54) is 0 Å². The lowest BCUT2D eigenvalue weighted by Crippen LogP contribution is -2.55. The molecule has 2 bridgehead atoms. The van der Waals surface area contributed by atoms with Crippen molar-refractivity contribution >= 4 is 29.5 Å². The molecule has 3 saturated heterocycles. The summed E-state index contributed by atoms with van der Waals surface area (Å²) in [5.41, 5.74) is 1.03. The molecule has 0 radical (unpaired) electrons. The van der Waals surface area contributed by atoms with Crippen LogP contribution in [-0.2, 0) is 20.9 Å². The molecule has 2 unspecified atom stereocenters. The van der Waals surface area contributed by atoms with Gasteiger partial charge in [-0.2, -0.15) is 0 Å². The topological polar surface area (TPSA) is 81.2 Å². The van der Waals surface area contributed by atoms with E-state index in [1.807, 2.05) is 40.1 Å². The molecule has 212 valence electrons. The van der Waals surface area contributed by atoms with Gasteiger partial charge in [-0.3, -0.25) is 14.4 Å². The molecule has 39 heavy (non-hydrogen) atoms. The third-order valence-corrected chi connectivity index (χ3v) is 10.4. The lowest BCUT2D eigenvalue weighted by atomic mass is 9.70. The molecule has 8 heteroatoms. The van der Waals surface area contributed by atoms with E-state index >= 15 is 0 Å². The van der Waals surface area contributed by atoms with Crippen LogP contribution in [-0.4, -0.2) is 86.4 Å². The minimum Gasteiger partial charge on any atom is -0.396 e. The van der Waals surface area contributed by atoms with Crippen LogP contribution >= 0.6 is 11.8 Å². The van der Waals surface area contributed by atoms with Gasteiger partial charge in [-0.15, -0.1) is 24.9 Å². The largest absolute Gasteiger partial charge is 0.396 e. The van der Waals surface area contributed by atoms with E-state index in [0.29, 0.717) is 45.6 Å². The number of thioether (sulfide) groups is 1. The van der Waals surface area contributed by atoms with Crippen LogP contribution in [0, 0.1) is 11.8 Å². The van der Waals surface area contributed by atoms with Crippen molar-refractivity contribution in [2.45, 2.75) is 68.0 Å². The van der Waals surface area contributed by atoms with Crippen LogP contribution in [0.5, 0.6) is 0 Å². The van der Waals surface area contributed by atoms with E-state index in [0.717, 1.165) is 31.2 Å². The number of amides is 3. The van der Waals surface area contributed by atoms with Crippen molar-refractivity contribution in [3.63, 3.8) is 0 Å². The number of rotatable bonds is 15. The summed E-state index contributed by atoms with van der Waals surface area (Å²) in [6.45, 7) is 12.2. The Morgan fingerprint density at radius 3 is 2.49 bits per heavy atom. The zero-order valence-electron chi connectivity index (χ0n) is 23.2. The monoisotopic (exact) mass is 553 g/mol. The molecule has 3 amide bonds. The summed E-state index contributed by atoms with van der Waals surface area (Å²) in [5.74, 6) is -1.10. The summed E-state index contributed by atoms with van der Waals surface area (Å²) in [7, 11) is 0. The second-order valence-corrected chi connectivity index (χ2v) is 12.5. The predicted molar refractivity (Wildman–Crippen MR) is 156 cm³/mol. The van der Waals surface area contributed by atoms with Gasteiger partial charge in [0.15, 0.2) is 0 Å². The van der Waals surface area contributed by atoms with Crippen LogP contribution in [0.1, 0.15) is 51.0 Å². The molecular formula is C31H43N3O4S. The minimum absolute atomic E-state index is 0.0199. The zero-order valence-corrected chi connectivity index (χ0v) is 24.0. The highest BCUT2D eigenvalue weighted by Crippen LogP contribution is 2.66. The summed E-state index contributed by atoms with van der Waals surface area (Å²) in [6, 6.07) is 9.29. The maximum atomic E-state index is 14.2. The Hall–Kier alpha value is -2.58. The second-order valence-electron chi connectivity index (χ2n) is 10.9. The van der Waals surface area contributed by atoms with Gasteiger partial charge in [0.05, 0.1) is 16.6 Å². The first-order valence-electron chi connectivity index (χ1n) is 14.4. The number of unbranched alkanes of at least 4 members (excludes halogenated alkanes) is 2. The number of aliphatic hydroxyl groups is 1. The standard InChI is InChI=1S/C31H43N3O4S/c1-4-7-19-32(17-5-2)30(38)27-31-16-15-24(39-31)25(26(31)29(37)34(27)20-11-12-21-35)28(36)33(18-6-3)22-23-13-9-8-10-14-23/h5-6,8-10,13-14,24-27,35H,2-4,7,11-12,15-22H2,1H3/t24-,25+,26+,27?,31?/m1/s1. The molecule has 4 rings (SSSR count). The molecule has 0 saturated carbocycles. The van der Waals surface area contributed by atoms with Crippen LogP contribution in [0.25, 0.3) is 0 Å². The third kappa shape index (κ3) is 5.68. The smallest absolute Gasteiger partial charge is 0.247 e. The van der Waals surface area contributed by atoms with Crippen LogP contribution in [0.4, 0.5) is 0 Å². The van der Waals surface area contributed by atoms with Crippen molar-refractivity contribution in [3.8, 4) is 0 Å². The normalized spacial score (nSPS) is 26.9. The van der Waals surface area contributed by atoms with E-state index in [4.69, 9.17) is 0 Å². The summed E-state index contributed by atoms with van der Waals surface area (Å²) in [4.78, 5) is 48.0. The minimum atomic E-state index is -0.601. The molecule has 3 aliphatic rings. The Kier molecular flexibility index (Phi) is 9.94. The van der Waals surface area contributed by atoms with E-state index in [-0.39, 0.29) is 29.6 Å². The SMILES string of the molecule is C=CCN(CCCC)C(=O)C1N(CCCCO)C(=O)[C@@H]2[C@@H](C(=O)N(CC=C)Cc3ccccc3)[C@H]3CCC12S3. The van der Waals surface area contributed by atoms with Crippen molar-refractivity contribution in [2.75, 3.05) is 32.8 Å². The van der Waals surface area contributed by atoms with Crippen molar-refractivity contribution in [3.05, 3.63) is 61.2 Å². The lowest BCUT2D eigenvalue weighted by Gasteiger charge is -2.37. The maximum Gasteiger partial charge on any atom is 0.247 e. The molecular weight excluding hydrogens is 510 g/mol. The van der Waals surface area contributed by atoms with E-state index in [1.54, 1.807) is 28.8 Å². The molecule has 3 fully saturated rings. The lowest BCUT2D eigenvalue weighted by molar-refractivity contribution is -0.145. The first-order chi connectivity index (χ1) is 18.9. The number of hydrogen-bond acceptors (Lipinski definition) is 5. The third-order valence-electron chi connectivity index (χ3n) is 8.45. The number of carbonyl (C=O) groups excluding carboxylic acids is 3. The van der Waals surface area contributed by atoms with Crippen molar-refractivity contribution in [1.82, 2.24) is 14.7 Å². The highest BCUT2D eigenvalue weighted by atomic mass is 32.2. The fourth-order valence-corrected chi connectivity index (χ4v) is 8.93. The number of nitrogens with zero attached hydrogens (tertiary/aromatic N) is 3. The van der Waals surface area contributed by atoms with Crippen LogP contribution < -0.4 is 0 Å². The molecule has 7 nitrogen and oxygen atoms in total. The van der Waals surface area contributed by atoms with Gasteiger partial charge in [-0.05, 0) is 37.7 Å². The predicted octanol–water partition coefficient (Wildman–Crippen LogP) is 3.88. The summed E-state index contributed by atoms with van der Waals surface area (Å²) >= 11 is 1.71. The van der Waals surface area contributed by atoms with Gasteiger partial charge in [-0.25, -0.2) is 0 Å². The van der Waals surface area contributed by atoms with Crippen LogP contribution in [0.2, 0.25) is 0 Å². The molecule has 0 aliphatic carbocycles. The highest BCUT2D eigenvalue weighted by Gasteiger charge is 2.73. The fourth-order valence-electron chi connectivity index (χ4n) is 6.72. The summed E-state index contributed by atoms with van der Waals surface area (Å²) < 4.78 is -0.601. The molecule has 3 aliphatic heterocycles. The van der Waals surface area contributed by atoms with Gasteiger partial charge in [0.1, 0.15) is 6.04 Å². The highest BCUT2D eigenvalue weighted by molar-refractivity contribution is 8.02. The molecule has 1 spiro atoms. The first kappa shape index (κ1) is 29.4. The molecule has 3 heterocycles. The molecule has 1 aromatic rings. The molecule has 0 aromatic heterocycles. The van der Waals surface area contributed by atoms with Gasteiger partial charge >= 0.3 is 0 Å². The quantitative estimate of drug-likeness (QED) is 0.263. The number of carbonyl (C=O) groups is 3. The van der Waals surface area contributed by atoms with Gasteiger partial charge in [0.25, 0.3) is 0 Å². The van der Waals surface area contributed by atoms with E-state index < -0.39 is 22.6 Å². The Morgan fingerprint density at radius 1 is 1.10 bits per heavy atom. The average molecular weight is 554 g/mol. The molecule has 5 atom stereocenters. The Balaban J connectivity index is 1.67. The van der Waals surface area contributed by atoms with Crippen molar-refractivity contribution in [2.24, 2.45) is 11.8 Å². The van der Waals surface area contributed by atoms with Crippen LogP contribution in [0.15, 0.2) is 55.6 Å². The number of benzene rings is 1. The number of aliphatic hydroxyl groups excluding tert-OH is 1. The average Bonchev–Trinajstić information content (AvgIpc) is 3.58. The Morgan fingerprint density at radius 2 is 1.82 bits per heavy atom. The fraction of sp³-hybridized carbons (Fsp3) is 0.581. The maximum absolute atomic E-state index is 14.2. The Bertz CT molecular complexity index is 1050. The summed E-state index contributed by atoms with van der Waals surface area (Å²) in [6.07, 6.45) is 8.10. The van der Waals surface area contributed by atoms with Crippen molar-refractivity contribution in [1.29, 1.82) is 0 Å². The number of hydrogen-bond donors (Lipinski definition) is 1. The van der Waals surface area contributed by atoms with Gasteiger partial charge in [-0.1, -0.05) is 55.8 Å². The summed E-state index contributed by atoms with van der Waals surface area (Å²) in [5, 5.41) is 9.42. The van der Waals surface area contributed by atoms with Gasteiger partial charge in [0, 0.05) is 44.6 Å². The molecule has 1 aromatic carbocycles. The first-order valence-corrected chi connectivity index (χ1v) is 15.2. The van der Waals surface area contributed by atoms with E-state index in [9.17, 15) is 19.5 Å². The van der Waals surface area contributed by atoms with Gasteiger partial charge < -0.3 is 19.8 Å². The van der Waals surface area contributed by atoms with Crippen LogP contribution in [0.3, 0.4) is 0 Å². The second kappa shape index (κ2) is 13.2. The number of fused-ring (bicyclic) bond motifs is 1. The van der Waals surface area contributed by atoms with Crippen molar-refractivity contribution < 1.29 is 19.5 Å². The zero-order chi connectivity index (χ0) is 28.0. The van der Waals surface area contributed by atoms with E-state index in [2.05, 4.69) is 20.1 Å².